The molecule has 0 spiro atoms. The minimum absolute atomic E-state index is 0.756. The lowest BCUT2D eigenvalue weighted by Crippen LogP contribution is -2.03. The Kier molecular flexibility index (Phi) is 3.15. The van der Waals surface area contributed by atoms with Gasteiger partial charge >= 0.3 is 0 Å². The summed E-state index contributed by atoms with van der Waals surface area (Å²) in [6, 6.07) is 5.97. The van der Waals surface area contributed by atoms with Gasteiger partial charge in [-0.05, 0) is 37.8 Å². The Hall–Kier alpha value is -1.61. The Morgan fingerprint density at radius 1 is 1.21 bits per heavy atom. The van der Waals surface area contributed by atoms with Gasteiger partial charge in [0, 0.05) is 28.9 Å². The SMILES string of the molecule is CNc1nc(-c2ccc(C)c(Cl)c2)nc2c1CCC2. The molecule has 98 valence electrons. The smallest absolute Gasteiger partial charge is 0.161 e. The Bertz CT molecular complexity index is 638. The first kappa shape index (κ1) is 12.4. The third-order valence-electron chi connectivity index (χ3n) is 3.60. The Morgan fingerprint density at radius 3 is 2.79 bits per heavy atom. The second-order valence-electron chi connectivity index (χ2n) is 4.89. The maximum Gasteiger partial charge on any atom is 0.161 e. The van der Waals surface area contributed by atoms with Crippen molar-refractivity contribution in [1.82, 2.24) is 9.97 Å². The summed E-state index contributed by atoms with van der Waals surface area (Å²) < 4.78 is 0. The van der Waals surface area contributed by atoms with Crippen molar-refractivity contribution in [3.8, 4) is 11.4 Å². The standard InChI is InChI=1S/C15H16ClN3/c1-9-6-7-10(8-12(9)16)14-18-13-5-3-4-11(13)15(17-2)19-14/h6-8H,3-5H2,1-2H3,(H,17,18,19). The van der Waals surface area contributed by atoms with Crippen molar-refractivity contribution in [2.75, 3.05) is 12.4 Å². The average Bonchev–Trinajstić information content (AvgIpc) is 2.89. The van der Waals surface area contributed by atoms with E-state index in [1.54, 1.807) is 0 Å². The molecule has 0 aliphatic heterocycles. The lowest BCUT2D eigenvalue weighted by Gasteiger charge is -2.10. The van der Waals surface area contributed by atoms with Crippen LogP contribution in [0.25, 0.3) is 11.4 Å². The highest BCUT2D eigenvalue weighted by molar-refractivity contribution is 6.31. The molecule has 1 N–H and O–H groups in total. The summed E-state index contributed by atoms with van der Waals surface area (Å²) in [6.07, 6.45) is 3.27. The molecule has 0 bridgehead atoms. The topological polar surface area (TPSA) is 37.8 Å². The molecule has 0 saturated heterocycles. The third kappa shape index (κ3) is 2.19. The lowest BCUT2D eigenvalue weighted by molar-refractivity contribution is 0.900. The number of nitrogens with zero attached hydrogens (tertiary/aromatic N) is 2. The molecule has 1 aromatic heterocycles. The molecule has 0 amide bonds. The Labute approximate surface area is 118 Å². The fourth-order valence-corrected chi connectivity index (χ4v) is 2.68. The molecule has 1 aliphatic carbocycles. The largest absolute Gasteiger partial charge is 0.373 e. The third-order valence-corrected chi connectivity index (χ3v) is 4.01. The fourth-order valence-electron chi connectivity index (χ4n) is 2.50. The maximum absolute atomic E-state index is 6.18. The number of anilines is 1. The van der Waals surface area contributed by atoms with Crippen LogP contribution in [0.15, 0.2) is 18.2 Å². The number of fused-ring (bicyclic) bond motifs is 1. The quantitative estimate of drug-likeness (QED) is 0.908. The summed E-state index contributed by atoms with van der Waals surface area (Å²) in [5.74, 6) is 1.71. The number of benzene rings is 1. The van der Waals surface area contributed by atoms with Gasteiger partial charge in [0.2, 0.25) is 0 Å². The van der Waals surface area contributed by atoms with E-state index in [4.69, 9.17) is 16.6 Å². The van der Waals surface area contributed by atoms with Crippen molar-refractivity contribution in [3.05, 3.63) is 40.0 Å². The van der Waals surface area contributed by atoms with Crippen LogP contribution in [0.5, 0.6) is 0 Å². The number of rotatable bonds is 2. The Morgan fingerprint density at radius 2 is 2.05 bits per heavy atom. The van der Waals surface area contributed by atoms with Crippen molar-refractivity contribution in [2.24, 2.45) is 0 Å². The molecule has 2 aromatic rings. The minimum atomic E-state index is 0.756. The van der Waals surface area contributed by atoms with Crippen LogP contribution in [0, 0.1) is 6.92 Å². The number of halogens is 1. The maximum atomic E-state index is 6.18. The van der Waals surface area contributed by atoms with Crippen LogP contribution in [-0.2, 0) is 12.8 Å². The van der Waals surface area contributed by atoms with Crippen LogP contribution < -0.4 is 5.32 Å². The minimum Gasteiger partial charge on any atom is -0.373 e. The number of nitrogens with one attached hydrogen (secondary N) is 1. The van der Waals surface area contributed by atoms with Gasteiger partial charge in [0.1, 0.15) is 5.82 Å². The highest BCUT2D eigenvalue weighted by Crippen LogP contribution is 2.30. The molecule has 1 aliphatic rings. The van der Waals surface area contributed by atoms with Crippen molar-refractivity contribution in [3.63, 3.8) is 0 Å². The van der Waals surface area contributed by atoms with Gasteiger partial charge in [0.25, 0.3) is 0 Å². The predicted octanol–water partition coefficient (Wildman–Crippen LogP) is 3.64. The van der Waals surface area contributed by atoms with Gasteiger partial charge in [-0.3, -0.25) is 0 Å². The zero-order valence-corrected chi connectivity index (χ0v) is 11.9. The molecular formula is C15H16ClN3. The molecule has 19 heavy (non-hydrogen) atoms. The summed E-state index contributed by atoms with van der Waals surface area (Å²) in [5, 5.41) is 3.94. The van der Waals surface area contributed by atoms with E-state index < -0.39 is 0 Å². The zero-order valence-electron chi connectivity index (χ0n) is 11.1. The molecule has 0 fully saturated rings. The number of aromatic nitrogens is 2. The monoisotopic (exact) mass is 273 g/mol. The van der Waals surface area contributed by atoms with Crippen LogP contribution in [0.4, 0.5) is 5.82 Å². The summed E-state index contributed by atoms with van der Waals surface area (Å²) in [4.78, 5) is 9.32. The van der Waals surface area contributed by atoms with E-state index in [0.29, 0.717) is 0 Å². The second kappa shape index (κ2) is 4.82. The van der Waals surface area contributed by atoms with Crippen LogP contribution in [-0.4, -0.2) is 17.0 Å². The molecular weight excluding hydrogens is 258 g/mol. The van der Waals surface area contributed by atoms with Crippen molar-refractivity contribution < 1.29 is 0 Å². The van der Waals surface area contributed by atoms with Gasteiger partial charge in [-0.2, -0.15) is 0 Å². The van der Waals surface area contributed by atoms with Crippen LogP contribution in [0.3, 0.4) is 0 Å². The van der Waals surface area contributed by atoms with E-state index >= 15 is 0 Å². The zero-order chi connectivity index (χ0) is 13.4. The van der Waals surface area contributed by atoms with Crippen molar-refractivity contribution in [1.29, 1.82) is 0 Å². The van der Waals surface area contributed by atoms with E-state index in [-0.39, 0.29) is 0 Å². The van der Waals surface area contributed by atoms with Gasteiger partial charge < -0.3 is 5.32 Å². The van der Waals surface area contributed by atoms with Crippen molar-refractivity contribution in [2.45, 2.75) is 26.2 Å². The first-order chi connectivity index (χ1) is 9.19. The van der Waals surface area contributed by atoms with E-state index in [1.165, 1.54) is 11.3 Å². The van der Waals surface area contributed by atoms with Gasteiger partial charge in [-0.1, -0.05) is 23.7 Å². The fraction of sp³-hybridized carbons (Fsp3) is 0.333. The number of hydrogen-bond acceptors (Lipinski definition) is 3. The highest BCUT2D eigenvalue weighted by atomic mass is 35.5. The van der Waals surface area contributed by atoms with Crippen LogP contribution in [0.1, 0.15) is 23.2 Å². The van der Waals surface area contributed by atoms with Gasteiger partial charge in [0.05, 0.1) is 0 Å². The molecule has 1 aromatic carbocycles. The van der Waals surface area contributed by atoms with E-state index in [0.717, 1.165) is 47.1 Å². The molecule has 0 saturated carbocycles. The lowest BCUT2D eigenvalue weighted by atomic mass is 10.1. The van der Waals surface area contributed by atoms with E-state index in [9.17, 15) is 0 Å². The molecule has 4 heteroatoms. The molecule has 0 unspecified atom stereocenters. The van der Waals surface area contributed by atoms with E-state index in [1.807, 2.05) is 32.2 Å². The highest BCUT2D eigenvalue weighted by Gasteiger charge is 2.19. The van der Waals surface area contributed by atoms with E-state index in [2.05, 4.69) is 10.3 Å². The molecule has 0 atom stereocenters. The van der Waals surface area contributed by atoms with Crippen molar-refractivity contribution >= 4 is 17.4 Å². The summed E-state index contributed by atoms with van der Waals surface area (Å²) in [7, 11) is 1.91. The summed E-state index contributed by atoms with van der Waals surface area (Å²) in [5.41, 5.74) is 4.48. The number of aryl methyl sites for hydroxylation is 2. The summed E-state index contributed by atoms with van der Waals surface area (Å²) in [6.45, 7) is 1.99. The molecule has 3 nitrogen and oxygen atoms in total. The van der Waals surface area contributed by atoms with Crippen LogP contribution in [0.2, 0.25) is 5.02 Å². The Balaban J connectivity index is 2.12. The first-order valence-corrected chi connectivity index (χ1v) is 6.91. The van der Waals surface area contributed by atoms with Crippen LogP contribution >= 0.6 is 11.6 Å². The average molecular weight is 274 g/mol. The predicted molar refractivity (Wildman–Crippen MR) is 78.8 cm³/mol. The second-order valence-corrected chi connectivity index (χ2v) is 5.30. The summed E-state index contributed by atoms with van der Waals surface area (Å²) >= 11 is 6.18. The van der Waals surface area contributed by atoms with Gasteiger partial charge in [-0.15, -0.1) is 0 Å². The van der Waals surface area contributed by atoms with Gasteiger partial charge in [-0.25, -0.2) is 9.97 Å². The van der Waals surface area contributed by atoms with Gasteiger partial charge in [0.15, 0.2) is 5.82 Å². The molecule has 0 radical (unpaired) electrons. The normalized spacial score (nSPS) is 13.4. The number of hydrogen-bond donors (Lipinski definition) is 1. The molecule has 1 heterocycles. The molecule has 3 rings (SSSR count). The first-order valence-electron chi connectivity index (χ1n) is 6.53.